The van der Waals surface area contributed by atoms with E-state index in [9.17, 15) is 9.18 Å². The van der Waals surface area contributed by atoms with Crippen molar-refractivity contribution >= 4 is 34.9 Å². The standard InChI is InChI=1S/C21H15ClFN3O2/c22-21-18(25-12-4-3-9-19(25)24-21)10-11-20(27)26(14-15-6-5-13-28-15)17-8-2-1-7-16(17)23/h1-13H,14H2. The molecule has 5 nitrogen and oxygen atoms in total. The molecule has 0 N–H and O–H groups in total. The Bertz CT molecular complexity index is 1150. The van der Waals surface area contributed by atoms with Crippen molar-refractivity contribution in [1.82, 2.24) is 9.38 Å². The van der Waals surface area contributed by atoms with Gasteiger partial charge < -0.3 is 4.42 Å². The highest BCUT2D eigenvalue weighted by atomic mass is 35.5. The maximum Gasteiger partial charge on any atom is 0.251 e. The first-order valence-electron chi connectivity index (χ1n) is 8.52. The first-order chi connectivity index (χ1) is 13.6. The number of imidazole rings is 1. The van der Waals surface area contributed by atoms with Gasteiger partial charge in [-0.05, 0) is 42.5 Å². The van der Waals surface area contributed by atoms with E-state index in [1.165, 1.54) is 23.3 Å². The molecule has 1 aromatic carbocycles. The summed E-state index contributed by atoms with van der Waals surface area (Å²) in [5.41, 5.74) is 1.40. The molecule has 140 valence electrons. The quantitative estimate of drug-likeness (QED) is 0.448. The first-order valence-corrected chi connectivity index (χ1v) is 8.90. The summed E-state index contributed by atoms with van der Waals surface area (Å²) < 4.78 is 21.4. The number of para-hydroxylation sites is 1. The second-order valence-electron chi connectivity index (χ2n) is 6.01. The highest BCUT2D eigenvalue weighted by molar-refractivity contribution is 6.31. The molecule has 0 aliphatic rings. The van der Waals surface area contributed by atoms with Crippen molar-refractivity contribution in [2.45, 2.75) is 6.54 Å². The van der Waals surface area contributed by atoms with Crippen LogP contribution in [0.5, 0.6) is 0 Å². The molecule has 4 rings (SSSR count). The Kier molecular flexibility index (Phi) is 4.95. The minimum Gasteiger partial charge on any atom is -0.467 e. The summed E-state index contributed by atoms with van der Waals surface area (Å²) in [7, 11) is 0. The molecule has 0 radical (unpaired) electrons. The van der Waals surface area contributed by atoms with Crippen molar-refractivity contribution in [2.24, 2.45) is 0 Å². The van der Waals surface area contributed by atoms with Gasteiger partial charge in [0.05, 0.1) is 24.2 Å². The fourth-order valence-corrected chi connectivity index (χ4v) is 3.13. The maximum absolute atomic E-state index is 14.3. The Morgan fingerprint density at radius 3 is 2.79 bits per heavy atom. The number of amides is 1. The lowest BCUT2D eigenvalue weighted by Gasteiger charge is -2.20. The summed E-state index contributed by atoms with van der Waals surface area (Å²) >= 11 is 6.20. The summed E-state index contributed by atoms with van der Waals surface area (Å²) in [4.78, 5) is 18.5. The van der Waals surface area contributed by atoms with E-state index in [4.69, 9.17) is 16.0 Å². The molecule has 7 heteroatoms. The Morgan fingerprint density at radius 1 is 1.18 bits per heavy atom. The third-order valence-corrected chi connectivity index (χ3v) is 4.49. The maximum atomic E-state index is 14.3. The van der Waals surface area contributed by atoms with Gasteiger partial charge in [0.25, 0.3) is 5.91 Å². The smallest absolute Gasteiger partial charge is 0.251 e. The Morgan fingerprint density at radius 2 is 2.00 bits per heavy atom. The minimum atomic E-state index is -0.497. The van der Waals surface area contributed by atoms with Gasteiger partial charge in [0.2, 0.25) is 0 Å². The van der Waals surface area contributed by atoms with Gasteiger partial charge in [-0.2, -0.15) is 0 Å². The predicted octanol–water partition coefficient (Wildman–Crippen LogP) is 4.97. The number of carbonyl (C=O) groups is 1. The van der Waals surface area contributed by atoms with Crippen LogP contribution >= 0.6 is 11.6 Å². The molecule has 0 unspecified atom stereocenters. The number of hydrogen-bond acceptors (Lipinski definition) is 3. The van der Waals surface area contributed by atoms with Gasteiger partial charge >= 0.3 is 0 Å². The van der Waals surface area contributed by atoms with Crippen molar-refractivity contribution in [2.75, 3.05) is 4.90 Å². The molecular formula is C21H15ClFN3O2. The average molecular weight is 396 g/mol. The Hall–Kier alpha value is -3.38. The molecule has 1 amide bonds. The van der Waals surface area contributed by atoms with E-state index in [2.05, 4.69) is 4.98 Å². The van der Waals surface area contributed by atoms with Crippen molar-refractivity contribution in [3.63, 3.8) is 0 Å². The summed E-state index contributed by atoms with van der Waals surface area (Å²) in [5, 5.41) is 0.277. The SMILES string of the molecule is O=C(C=Cc1c(Cl)nc2ccccn12)N(Cc1ccco1)c1ccccc1F. The summed E-state index contributed by atoms with van der Waals surface area (Å²) in [5.74, 6) is -0.370. The summed E-state index contributed by atoms with van der Waals surface area (Å²) in [6.07, 6.45) is 6.22. The van der Waals surface area contributed by atoms with E-state index < -0.39 is 11.7 Å². The lowest BCUT2D eigenvalue weighted by Crippen LogP contribution is -2.29. The zero-order valence-corrected chi connectivity index (χ0v) is 15.4. The number of anilines is 1. The first kappa shape index (κ1) is 18.0. The van der Waals surface area contributed by atoms with Gasteiger partial charge in [-0.15, -0.1) is 0 Å². The topological polar surface area (TPSA) is 50.8 Å². The van der Waals surface area contributed by atoms with Crippen LogP contribution in [0.25, 0.3) is 11.7 Å². The number of nitrogens with zero attached hydrogens (tertiary/aromatic N) is 3. The Labute approximate surface area is 165 Å². The van der Waals surface area contributed by atoms with Crippen LogP contribution in [0.4, 0.5) is 10.1 Å². The number of fused-ring (bicyclic) bond motifs is 1. The molecule has 28 heavy (non-hydrogen) atoms. The zero-order chi connectivity index (χ0) is 19.5. The van der Waals surface area contributed by atoms with Crippen LogP contribution in [0, 0.1) is 5.82 Å². The van der Waals surface area contributed by atoms with Gasteiger partial charge in [0.1, 0.15) is 17.2 Å². The molecule has 0 spiro atoms. The normalized spacial score (nSPS) is 11.4. The third-order valence-electron chi connectivity index (χ3n) is 4.21. The van der Waals surface area contributed by atoms with Gasteiger partial charge in [-0.1, -0.05) is 29.8 Å². The third kappa shape index (κ3) is 3.54. The lowest BCUT2D eigenvalue weighted by atomic mass is 10.2. The average Bonchev–Trinajstić information content (AvgIpc) is 3.32. The molecule has 3 heterocycles. The molecule has 0 atom stereocenters. The molecule has 0 fully saturated rings. The number of benzene rings is 1. The molecule has 0 aliphatic carbocycles. The van der Waals surface area contributed by atoms with Crippen LogP contribution in [0.1, 0.15) is 11.5 Å². The molecule has 0 aliphatic heterocycles. The van der Waals surface area contributed by atoms with Crippen molar-refractivity contribution < 1.29 is 13.6 Å². The van der Waals surface area contributed by atoms with E-state index in [0.717, 1.165) is 0 Å². The Balaban J connectivity index is 1.68. The molecule has 0 saturated carbocycles. The number of pyridine rings is 1. The number of hydrogen-bond donors (Lipinski definition) is 0. The number of carbonyl (C=O) groups excluding carboxylic acids is 1. The van der Waals surface area contributed by atoms with Crippen molar-refractivity contribution in [1.29, 1.82) is 0 Å². The molecule has 3 aromatic heterocycles. The van der Waals surface area contributed by atoms with E-state index >= 15 is 0 Å². The molecule has 0 saturated heterocycles. The molecule has 4 aromatic rings. The summed E-state index contributed by atoms with van der Waals surface area (Å²) in [6.45, 7) is 0.0952. The van der Waals surface area contributed by atoms with Crippen LogP contribution in [-0.4, -0.2) is 15.3 Å². The largest absolute Gasteiger partial charge is 0.467 e. The molecular weight excluding hydrogens is 381 g/mol. The van der Waals surface area contributed by atoms with Crippen LogP contribution < -0.4 is 4.90 Å². The predicted molar refractivity (Wildman–Crippen MR) is 106 cm³/mol. The van der Waals surface area contributed by atoms with E-state index in [1.54, 1.807) is 47.0 Å². The van der Waals surface area contributed by atoms with Gasteiger partial charge in [-0.3, -0.25) is 14.1 Å². The van der Waals surface area contributed by atoms with E-state index in [1.807, 2.05) is 18.2 Å². The van der Waals surface area contributed by atoms with Gasteiger partial charge in [0.15, 0.2) is 5.15 Å². The van der Waals surface area contributed by atoms with Crippen LogP contribution in [0.2, 0.25) is 5.15 Å². The van der Waals surface area contributed by atoms with Crippen molar-refractivity contribution in [3.05, 3.63) is 95.6 Å². The molecule has 0 bridgehead atoms. The number of rotatable bonds is 5. The highest BCUT2D eigenvalue weighted by Gasteiger charge is 2.19. The highest BCUT2D eigenvalue weighted by Crippen LogP contribution is 2.23. The van der Waals surface area contributed by atoms with E-state index in [-0.39, 0.29) is 17.4 Å². The summed E-state index contributed by atoms with van der Waals surface area (Å²) in [6, 6.07) is 15.0. The van der Waals surface area contributed by atoms with Crippen molar-refractivity contribution in [3.8, 4) is 0 Å². The minimum absolute atomic E-state index is 0.0952. The van der Waals surface area contributed by atoms with Crippen LogP contribution in [-0.2, 0) is 11.3 Å². The second-order valence-corrected chi connectivity index (χ2v) is 6.36. The number of furan rings is 1. The second kappa shape index (κ2) is 7.70. The lowest BCUT2D eigenvalue weighted by molar-refractivity contribution is -0.114. The van der Waals surface area contributed by atoms with Crippen LogP contribution in [0.3, 0.4) is 0 Å². The van der Waals surface area contributed by atoms with E-state index in [0.29, 0.717) is 17.1 Å². The number of aromatic nitrogens is 2. The monoisotopic (exact) mass is 395 g/mol. The van der Waals surface area contributed by atoms with Gasteiger partial charge in [0, 0.05) is 12.3 Å². The number of halogens is 2. The van der Waals surface area contributed by atoms with Crippen LogP contribution in [0.15, 0.2) is 77.6 Å². The fraction of sp³-hybridized carbons (Fsp3) is 0.0476. The fourth-order valence-electron chi connectivity index (χ4n) is 2.89. The zero-order valence-electron chi connectivity index (χ0n) is 14.6. The van der Waals surface area contributed by atoms with Gasteiger partial charge in [-0.25, -0.2) is 9.37 Å².